The number of nitrogens with two attached hydrogens (primary N) is 1. The van der Waals surface area contributed by atoms with Crippen LogP contribution in [-0.4, -0.2) is 35.8 Å². The molecule has 3 amide bonds. The van der Waals surface area contributed by atoms with Crippen molar-refractivity contribution >= 4 is 29.1 Å². The number of hydrogen-bond donors (Lipinski definition) is 3. The van der Waals surface area contributed by atoms with Crippen LogP contribution in [-0.2, 0) is 14.4 Å². The Morgan fingerprint density at radius 2 is 1.62 bits per heavy atom. The molecule has 0 aromatic heterocycles. The molecule has 11 heteroatoms. The smallest absolute Gasteiger partial charge is 0.369 e. The molecule has 7 nitrogen and oxygen atoms in total. The van der Waals surface area contributed by atoms with Crippen LogP contribution >= 0.6 is 0 Å². The summed E-state index contributed by atoms with van der Waals surface area (Å²) in [6.07, 6.45) is -8.39. The third-order valence-electron chi connectivity index (χ3n) is 6.29. The van der Waals surface area contributed by atoms with Gasteiger partial charge in [0.15, 0.2) is 0 Å². The van der Waals surface area contributed by atoms with E-state index >= 15 is 0 Å². The molecule has 0 aliphatic carbocycles. The van der Waals surface area contributed by atoms with E-state index in [4.69, 9.17) is 5.73 Å². The van der Waals surface area contributed by atoms with Gasteiger partial charge in [0, 0.05) is 17.5 Å². The maximum atomic E-state index is 14.7. The molecule has 1 heterocycles. The van der Waals surface area contributed by atoms with E-state index in [0.29, 0.717) is 5.56 Å². The van der Waals surface area contributed by atoms with Gasteiger partial charge < -0.3 is 16.4 Å². The summed E-state index contributed by atoms with van der Waals surface area (Å²) < 4.78 is 54.3. The van der Waals surface area contributed by atoms with Gasteiger partial charge in [-0.1, -0.05) is 72.8 Å². The maximum Gasteiger partial charge on any atom is 0.389 e. The van der Waals surface area contributed by atoms with Crippen LogP contribution in [0.2, 0.25) is 0 Å². The van der Waals surface area contributed by atoms with Crippen LogP contribution in [0.4, 0.5) is 23.2 Å². The highest BCUT2D eigenvalue weighted by Crippen LogP contribution is 2.33. The Balaban J connectivity index is 1.73. The van der Waals surface area contributed by atoms with Gasteiger partial charge in [-0.3, -0.25) is 14.4 Å². The quantitative estimate of drug-likeness (QED) is 0.371. The lowest BCUT2D eigenvalue weighted by Crippen LogP contribution is -2.47. The van der Waals surface area contributed by atoms with Crippen molar-refractivity contribution in [3.05, 3.63) is 101 Å². The second-order valence-corrected chi connectivity index (χ2v) is 8.96. The summed E-state index contributed by atoms with van der Waals surface area (Å²) >= 11 is 0. The third-order valence-corrected chi connectivity index (χ3v) is 6.29. The Hall–Kier alpha value is -4.54. The van der Waals surface area contributed by atoms with Crippen LogP contribution in [0, 0.1) is 11.7 Å². The average molecular weight is 541 g/mol. The second kappa shape index (κ2) is 11.5. The summed E-state index contributed by atoms with van der Waals surface area (Å²) in [5.74, 6) is -6.67. The number of fused-ring (bicyclic) bond motifs is 1. The van der Waals surface area contributed by atoms with Crippen LogP contribution in [0.15, 0.2) is 83.9 Å². The second-order valence-electron chi connectivity index (χ2n) is 8.96. The van der Waals surface area contributed by atoms with Gasteiger partial charge in [-0.2, -0.15) is 13.2 Å². The van der Waals surface area contributed by atoms with Gasteiger partial charge in [0.1, 0.15) is 5.82 Å². The molecule has 3 aromatic carbocycles. The molecular weight excluding hydrogens is 516 g/mol. The average Bonchev–Trinajstić information content (AvgIpc) is 3.04. The minimum atomic E-state index is -4.62. The van der Waals surface area contributed by atoms with Crippen LogP contribution in [0.1, 0.15) is 35.4 Å². The number of carbonyl (C=O) groups excluding carboxylic acids is 3. The lowest BCUT2D eigenvalue weighted by atomic mass is 9.81. The molecule has 3 atom stereocenters. The lowest BCUT2D eigenvalue weighted by molar-refractivity contribution is -0.144. The van der Waals surface area contributed by atoms with Gasteiger partial charge >= 0.3 is 6.18 Å². The molecule has 0 saturated heterocycles. The van der Waals surface area contributed by atoms with Crippen LogP contribution < -0.4 is 16.4 Å². The Bertz CT molecular complexity index is 1390. The van der Waals surface area contributed by atoms with Crippen LogP contribution in [0.5, 0.6) is 0 Å². The Labute approximate surface area is 221 Å². The molecule has 0 saturated carbocycles. The molecule has 202 valence electrons. The first-order valence-corrected chi connectivity index (χ1v) is 12.0. The fourth-order valence-corrected chi connectivity index (χ4v) is 4.49. The highest BCUT2D eigenvalue weighted by molar-refractivity contribution is 6.20. The summed E-state index contributed by atoms with van der Waals surface area (Å²) in [6, 6.07) is 20.3. The topological polar surface area (TPSA) is 114 Å². The number of nitrogens with zero attached hydrogens (tertiary/aromatic N) is 1. The number of para-hydroxylation sites is 1. The van der Waals surface area contributed by atoms with Gasteiger partial charge in [-0.05, 0) is 18.1 Å². The minimum Gasteiger partial charge on any atom is -0.369 e. The molecule has 39 heavy (non-hydrogen) atoms. The van der Waals surface area contributed by atoms with E-state index in [0.717, 1.165) is 6.07 Å². The standard InChI is InChI=1S/C28H24F4N4O3/c29-20-13-7-12-19-22(17-10-5-2-6-11-17)34-25(27(39)35-23(19)20)36-26(38)18(14-15-28(30,31)32)21(24(33)37)16-8-3-1-4-9-16/h1-13,18,21,25H,14-15H2,(H2,33,37)(H,35,39)(H,36,38)/t18-,21+,25-/m1/s1. The molecule has 0 spiro atoms. The summed E-state index contributed by atoms with van der Waals surface area (Å²) in [4.78, 5) is 43.4. The van der Waals surface area contributed by atoms with Gasteiger partial charge in [0.25, 0.3) is 5.91 Å². The van der Waals surface area contributed by atoms with Crippen molar-refractivity contribution in [1.29, 1.82) is 0 Å². The van der Waals surface area contributed by atoms with E-state index in [1.165, 1.54) is 18.2 Å². The van der Waals surface area contributed by atoms with Crippen molar-refractivity contribution < 1.29 is 31.9 Å². The molecule has 0 radical (unpaired) electrons. The zero-order chi connectivity index (χ0) is 28.2. The van der Waals surface area contributed by atoms with E-state index in [9.17, 15) is 31.9 Å². The molecule has 0 fully saturated rings. The largest absolute Gasteiger partial charge is 0.389 e. The van der Waals surface area contributed by atoms with E-state index in [1.807, 2.05) is 0 Å². The predicted molar refractivity (Wildman–Crippen MR) is 136 cm³/mol. The molecule has 3 aromatic rings. The molecular formula is C28H24F4N4O3. The van der Waals surface area contributed by atoms with Crippen LogP contribution in [0.25, 0.3) is 0 Å². The molecule has 4 N–H and O–H groups in total. The van der Waals surface area contributed by atoms with E-state index in [-0.39, 0.29) is 22.5 Å². The first-order chi connectivity index (χ1) is 18.5. The van der Waals surface area contributed by atoms with Gasteiger partial charge in [-0.15, -0.1) is 0 Å². The molecule has 0 bridgehead atoms. The fraction of sp³-hybridized carbons (Fsp3) is 0.214. The van der Waals surface area contributed by atoms with Crippen molar-refractivity contribution in [3.8, 4) is 0 Å². The molecule has 0 unspecified atom stereocenters. The van der Waals surface area contributed by atoms with Crippen molar-refractivity contribution in [2.24, 2.45) is 16.6 Å². The number of carbonyl (C=O) groups is 3. The van der Waals surface area contributed by atoms with Crippen LogP contribution in [0.3, 0.4) is 0 Å². The third kappa shape index (κ3) is 6.49. The van der Waals surface area contributed by atoms with Crippen molar-refractivity contribution in [2.75, 3.05) is 5.32 Å². The zero-order valence-corrected chi connectivity index (χ0v) is 20.4. The number of benzene rings is 3. The summed E-state index contributed by atoms with van der Waals surface area (Å²) in [6.45, 7) is 0. The summed E-state index contributed by atoms with van der Waals surface area (Å²) in [5.41, 5.74) is 6.58. The number of benzodiazepines with no additional fused rings is 1. The number of alkyl halides is 3. The molecule has 4 rings (SSSR count). The van der Waals surface area contributed by atoms with Gasteiger partial charge in [-0.25, -0.2) is 9.38 Å². The Morgan fingerprint density at radius 1 is 0.974 bits per heavy atom. The normalized spacial score (nSPS) is 16.7. The maximum absolute atomic E-state index is 14.7. The highest BCUT2D eigenvalue weighted by atomic mass is 19.4. The predicted octanol–water partition coefficient (Wildman–Crippen LogP) is 4.29. The summed E-state index contributed by atoms with van der Waals surface area (Å²) in [7, 11) is 0. The van der Waals surface area contributed by atoms with Crippen molar-refractivity contribution in [3.63, 3.8) is 0 Å². The van der Waals surface area contributed by atoms with E-state index in [1.54, 1.807) is 54.6 Å². The Kier molecular flexibility index (Phi) is 8.08. The van der Waals surface area contributed by atoms with Crippen molar-refractivity contribution in [2.45, 2.75) is 31.1 Å². The monoisotopic (exact) mass is 540 g/mol. The number of halogens is 4. The minimum absolute atomic E-state index is 0.158. The van der Waals surface area contributed by atoms with Gasteiger partial charge in [0.05, 0.1) is 23.2 Å². The first kappa shape index (κ1) is 27.5. The number of nitrogens with one attached hydrogen (secondary N) is 2. The first-order valence-electron chi connectivity index (χ1n) is 12.0. The highest BCUT2D eigenvalue weighted by Gasteiger charge is 2.39. The SMILES string of the molecule is NC(=O)[C@@H](c1ccccc1)[C@@H](CCC(F)(F)F)C(=O)N[C@H]1N=C(c2ccccc2)c2cccc(F)c2NC1=O. The number of amides is 3. The fourth-order valence-electron chi connectivity index (χ4n) is 4.49. The Morgan fingerprint density at radius 3 is 2.23 bits per heavy atom. The summed E-state index contributed by atoms with van der Waals surface area (Å²) in [5, 5.41) is 4.78. The zero-order valence-electron chi connectivity index (χ0n) is 20.4. The number of rotatable bonds is 8. The molecule has 1 aliphatic heterocycles. The van der Waals surface area contributed by atoms with E-state index < -0.39 is 60.6 Å². The lowest BCUT2D eigenvalue weighted by Gasteiger charge is -2.26. The van der Waals surface area contributed by atoms with E-state index in [2.05, 4.69) is 15.6 Å². The van der Waals surface area contributed by atoms with Gasteiger partial charge in [0.2, 0.25) is 18.0 Å². The van der Waals surface area contributed by atoms with Crippen molar-refractivity contribution in [1.82, 2.24) is 5.32 Å². The molecule has 1 aliphatic rings. The number of primary amides is 1. The number of aliphatic imine (C=N–C) groups is 1. The number of hydrogen-bond acceptors (Lipinski definition) is 4. The number of anilines is 1.